The van der Waals surface area contributed by atoms with Crippen molar-refractivity contribution in [2.45, 2.75) is 19.5 Å². The molecule has 1 amide bonds. The first-order valence-corrected chi connectivity index (χ1v) is 5.94. The third kappa shape index (κ3) is 4.25. The van der Waals surface area contributed by atoms with E-state index in [2.05, 4.69) is 0 Å². The molecule has 0 fully saturated rings. The summed E-state index contributed by atoms with van der Waals surface area (Å²) in [4.78, 5) is 23.7. The van der Waals surface area contributed by atoms with E-state index in [1.54, 1.807) is 6.92 Å². The van der Waals surface area contributed by atoms with Gasteiger partial charge in [0.05, 0.1) is 11.1 Å². The molecule has 0 heterocycles. The van der Waals surface area contributed by atoms with Crippen LogP contribution in [0.4, 0.5) is 13.2 Å². The van der Waals surface area contributed by atoms with Crippen molar-refractivity contribution in [3.05, 3.63) is 35.4 Å². The summed E-state index contributed by atoms with van der Waals surface area (Å²) >= 11 is 0. The summed E-state index contributed by atoms with van der Waals surface area (Å²) in [6.45, 7) is 0.152. The highest BCUT2D eigenvalue weighted by molar-refractivity contribution is 6.04. The zero-order chi connectivity index (χ0) is 15.3. The number of rotatable bonds is 5. The van der Waals surface area contributed by atoms with Gasteiger partial charge >= 0.3 is 12.1 Å². The highest BCUT2D eigenvalue weighted by Gasteiger charge is 2.33. The normalized spacial score (nSPS) is 11.2. The Labute approximate surface area is 113 Å². The van der Waals surface area contributed by atoms with Crippen LogP contribution in [-0.2, 0) is 0 Å². The second-order valence-electron chi connectivity index (χ2n) is 4.19. The van der Waals surface area contributed by atoms with Gasteiger partial charge in [-0.05, 0) is 18.6 Å². The maximum absolute atomic E-state index is 12.5. The second kappa shape index (κ2) is 6.40. The predicted molar refractivity (Wildman–Crippen MR) is 65.7 cm³/mol. The molecule has 110 valence electrons. The number of carbonyl (C=O) groups excluding carboxylic acids is 1. The summed E-state index contributed by atoms with van der Waals surface area (Å²) in [6.07, 6.45) is -4.18. The number of nitrogens with zero attached hydrogens (tertiary/aromatic N) is 1. The number of carboxylic acids is 1. The summed E-state index contributed by atoms with van der Waals surface area (Å²) in [7, 11) is 0. The van der Waals surface area contributed by atoms with E-state index in [4.69, 9.17) is 5.11 Å². The van der Waals surface area contributed by atoms with Crippen LogP contribution in [0.5, 0.6) is 0 Å². The lowest BCUT2D eigenvalue weighted by Gasteiger charge is -2.24. The largest absolute Gasteiger partial charge is 0.478 e. The number of amides is 1. The molecule has 0 saturated heterocycles. The Morgan fingerprint density at radius 1 is 1.20 bits per heavy atom. The molecule has 1 N–H and O–H groups in total. The maximum Gasteiger partial charge on any atom is 0.406 e. The first kappa shape index (κ1) is 16.0. The molecular weight excluding hydrogens is 275 g/mol. The van der Waals surface area contributed by atoms with Gasteiger partial charge in [0.15, 0.2) is 0 Å². The third-order valence-corrected chi connectivity index (χ3v) is 2.54. The monoisotopic (exact) mass is 289 g/mol. The van der Waals surface area contributed by atoms with E-state index in [0.29, 0.717) is 11.3 Å². The Morgan fingerprint density at radius 3 is 2.20 bits per heavy atom. The highest BCUT2D eigenvalue weighted by Crippen LogP contribution is 2.19. The van der Waals surface area contributed by atoms with E-state index >= 15 is 0 Å². The quantitative estimate of drug-likeness (QED) is 0.906. The number of benzene rings is 1. The summed E-state index contributed by atoms with van der Waals surface area (Å²) in [5.41, 5.74) is -0.543. The molecule has 0 radical (unpaired) electrons. The third-order valence-electron chi connectivity index (χ3n) is 2.54. The van der Waals surface area contributed by atoms with Gasteiger partial charge in [-0.1, -0.05) is 19.1 Å². The molecule has 0 aliphatic carbocycles. The van der Waals surface area contributed by atoms with E-state index in [1.807, 2.05) is 0 Å². The van der Waals surface area contributed by atoms with Crippen molar-refractivity contribution in [2.75, 3.05) is 13.1 Å². The molecule has 4 nitrogen and oxygen atoms in total. The zero-order valence-electron chi connectivity index (χ0n) is 10.8. The number of aromatic carboxylic acids is 1. The Balaban J connectivity index is 3.09. The SMILES string of the molecule is CCCN(CC(F)(F)F)C(=O)c1ccccc1C(=O)O. The van der Waals surface area contributed by atoms with Gasteiger partial charge in [0.2, 0.25) is 0 Å². The van der Waals surface area contributed by atoms with Crippen LogP contribution in [0, 0.1) is 0 Å². The summed E-state index contributed by atoms with van der Waals surface area (Å²) in [5.74, 6) is -2.28. The van der Waals surface area contributed by atoms with Crippen molar-refractivity contribution in [1.29, 1.82) is 0 Å². The van der Waals surface area contributed by atoms with Crippen LogP contribution in [0.1, 0.15) is 34.1 Å². The molecular formula is C13H14F3NO3. The Kier molecular flexibility index (Phi) is 5.12. The summed E-state index contributed by atoms with van der Waals surface area (Å²) in [5, 5.41) is 8.97. The molecule has 0 bridgehead atoms. The van der Waals surface area contributed by atoms with Crippen molar-refractivity contribution >= 4 is 11.9 Å². The van der Waals surface area contributed by atoms with Gasteiger partial charge in [0.25, 0.3) is 5.91 Å². The van der Waals surface area contributed by atoms with Crippen molar-refractivity contribution in [3.63, 3.8) is 0 Å². The van der Waals surface area contributed by atoms with Crippen molar-refractivity contribution in [2.24, 2.45) is 0 Å². The molecule has 0 aliphatic rings. The van der Waals surface area contributed by atoms with Gasteiger partial charge in [0.1, 0.15) is 6.54 Å². The van der Waals surface area contributed by atoms with Gasteiger partial charge in [-0.3, -0.25) is 4.79 Å². The highest BCUT2D eigenvalue weighted by atomic mass is 19.4. The molecule has 0 aliphatic heterocycles. The number of hydrogen-bond donors (Lipinski definition) is 1. The standard InChI is InChI=1S/C13H14F3NO3/c1-2-7-17(8-13(14,15)16)11(18)9-5-3-4-6-10(9)12(19)20/h3-6H,2,7-8H2,1H3,(H,19,20). The minimum Gasteiger partial charge on any atom is -0.478 e. The van der Waals surface area contributed by atoms with Crippen LogP contribution in [0.3, 0.4) is 0 Å². The van der Waals surface area contributed by atoms with Gasteiger partial charge in [-0.2, -0.15) is 13.2 Å². The number of alkyl halides is 3. The van der Waals surface area contributed by atoms with Gasteiger partial charge in [0, 0.05) is 6.54 Å². The van der Waals surface area contributed by atoms with Gasteiger partial charge < -0.3 is 10.0 Å². The van der Waals surface area contributed by atoms with Crippen LogP contribution in [-0.4, -0.2) is 41.1 Å². The fraction of sp³-hybridized carbons (Fsp3) is 0.385. The minimum absolute atomic E-state index is 0.0910. The minimum atomic E-state index is -4.52. The molecule has 1 aromatic rings. The van der Waals surface area contributed by atoms with Crippen molar-refractivity contribution in [1.82, 2.24) is 4.90 Å². The molecule has 1 rings (SSSR count). The lowest BCUT2D eigenvalue weighted by Crippen LogP contribution is -2.40. The van der Waals surface area contributed by atoms with E-state index in [0.717, 1.165) is 0 Å². The van der Waals surface area contributed by atoms with E-state index < -0.39 is 24.6 Å². The fourth-order valence-electron chi connectivity index (χ4n) is 1.77. The van der Waals surface area contributed by atoms with Gasteiger partial charge in [-0.15, -0.1) is 0 Å². The zero-order valence-corrected chi connectivity index (χ0v) is 10.8. The van der Waals surface area contributed by atoms with Crippen LogP contribution < -0.4 is 0 Å². The Morgan fingerprint density at radius 2 is 1.75 bits per heavy atom. The first-order chi connectivity index (χ1) is 9.26. The molecule has 0 atom stereocenters. The molecule has 0 spiro atoms. The lowest BCUT2D eigenvalue weighted by atomic mass is 10.1. The number of hydrogen-bond acceptors (Lipinski definition) is 2. The van der Waals surface area contributed by atoms with Crippen LogP contribution >= 0.6 is 0 Å². The molecule has 1 aromatic carbocycles. The van der Waals surface area contributed by atoms with E-state index in [9.17, 15) is 22.8 Å². The number of halogens is 3. The van der Waals surface area contributed by atoms with E-state index in [1.165, 1.54) is 24.3 Å². The summed E-state index contributed by atoms with van der Waals surface area (Å²) in [6, 6.07) is 5.23. The molecule has 0 unspecified atom stereocenters. The van der Waals surface area contributed by atoms with Crippen molar-refractivity contribution in [3.8, 4) is 0 Å². The Hall–Kier alpha value is -2.05. The molecule has 7 heteroatoms. The number of carboxylic acid groups (broad SMARTS) is 1. The molecule has 0 aromatic heterocycles. The fourth-order valence-corrected chi connectivity index (χ4v) is 1.77. The first-order valence-electron chi connectivity index (χ1n) is 5.94. The smallest absolute Gasteiger partial charge is 0.406 e. The van der Waals surface area contributed by atoms with Crippen molar-refractivity contribution < 1.29 is 27.9 Å². The summed E-state index contributed by atoms with van der Waals surface area (Å²) < 4.78 is 37.4. The topological polar surface area (TPSA) is 57.6 Å². The van der Waals surface area contributed by atoms with Crippen LogP contribution in [0.15, 0.2) is 24.3 Å². The van der Waals surface area contributed by atoms with Gasteiger partial charge in [-0.25, -0.2) is 4.79 Å². The van der Waals surface area contributed by atoms with Crippen LogP contribution in [0.25, 0.3) is 0 Å². The average molecular weight is 289 g/mol. The number of carbonyl (C=O) groups is 2. The second-order valence-corrected chi connectivity index (χ2v) is 4.19. The van der Waals surface area contributed by atoms with Crippen LogP contribution in [0.2, 0.25) is 0 Å². The Bertz CT molecular complexity index is 500. The molecule has 0 saturated carbocycles. The lowest BCUT2D eigenvalue weighted by molar-refractivity contribution is -0.140. The molecule has 20 heavy (non-hydrogen) atoms. The average Bonchev–Trinajstić information content (AvgIpc) is 2.36. The maximum atomic E-state index is 12.5. The predicted octanol–water partition coefficient (Wildman–Crippen LogP) is 2.80. The van der Waals surface area contributed by atoms with E-state index in [-0.39, 0.29) is 17.7 Å².